The summed E-state index contributed by atoms with van der Waals surface area (Å²) in [5.41, 5.74) is 3.97. The van der Waals surface area contributed by atoms with Crippen LogP contribution in [0.25, 0.3) is 0 Å². The molecule has 0 N–H and O–H groups in total. The maximum atomic E-state index is 10.8. The Hall–Kier alpha value is -2.16. The van der Waals surface area contributed by atoms with Crippen LogP contribution in [0.3, 0.4) is 0 Å². The van der Waals surface area contributed by atoms with E-state index in [2.05, 4.69) is 48.0 Å². The third-order valence-electron chi connectivity index (χ3n) is 3.13. The molecule has 98 valence electrons. The second-order valence-electron chi connectivity index (χ2n) is 4.61. The summed E-state index contributed by atoms with van der Waals surface area (Å²) < 4.78 is 0. The number of carbonyl (C=O) groups excluding carboxylic acids is 1. The standard InChI is InChI=1S/C16H18N2O/c1-4-18(15-7-5-12(2)6-8-15)16-13(3)9-14(11-19)10-17-16/h5-11H,4H2,1-3H3. The number of aromatic nitrogens is 1. The van der Waals surface area contributed by atoms with E-state index in [1.165, 1.54) is 5.56 Å². The molecule has 3 heteroatoms. The number of benzene rings is 1. The zero-order chi connectivity index (χ0) is 13.8. The number of rotatable bonds is 4. The number of aryl methyl sites for hydroxylation is 2. The van der Waals surface area contributed by atoms with Gasteiger partial charge in [0.1, 0.15) is 5.82 Å². The van der Waals surface area contributed by atoms with Crippen molar-refractivity contribution in [3.63, 3.8) is 0 Å². The smallest absolute Gasteiger partial charge is 0.151 e. The van der Waals surface area contributed by atoms with Crippen molar-refractivity contribution >= 4 is 17.8 Å². The number of aldehydes is 1. The predicted molar refractivity (Wildman–Crippen MR) is 78.2 cm³/mol. The Kier molecular flexibility index (Phi) is 3.95. The zero-order valence-electron chi connectivity index (χ0n) is 11.6. The average molecular weight is 254 g/mol. The minimum Gasteiger partial charge on any atom is -0.326 e. The van der Waals surface area contributed by atoms with Crippen LogP contribution in [-0.4, -0.2) is 17.8 Å². The molecule has 2 rings (SSSR count). The van der Waals surface area contributed by atoms with Crippen LogP contribution in [0, 0.1) is 13.8 Å². The summed E-state index contributed by atoms with van der Waals surface area (Å²) in [5.74, 6) is 0.900. The van der Waals surface area contributed by atoms with Crippen molar-refractivity contribution in [2.75, 3.05) is 11.4 Å². The molecular weight excluding hydrogens is 236 g/mol. The van der Waals surface area contributed by atoms with Gasteiger partial charge in [0.2, 0.25) is 0 Å². The van der Waals surface area contributed by atoms with Crippen molar-refractivity contribution in [1.29, 1.82) is 0 Å². The van der Waals surface area contributed by atoms with Crippen LogP contribution in [0.4, 0.5) is 11.5 Å². The second-order valence-corrected chi connectivity index (χ2v) is 4.61. The fourth-order valence-corrected chi connectivity index (χ4v) is 2.12. The molecule has 0 atom stereocenters. The third kappa shape index (κ3) is 2.81. The minimum absolute atomic E-state index is 0.612. The van der Waals surface area contributed by atoms with E-state index in [0.717, 1.165) is 29.9 Å². The lowest BCUT2D eigenvalue weighted by atomic mass is 10.1. The number of pyridine rings is 1. The summed E-state index contributed by atoms with van der Waals surface area (Å²) in [4.78, 5) is 17.3. The SMILES string of the molecule is CCN(c1ccc(C)cc1)c1ncc(C=O)cc1C. The predicted octanol–water partition coefficient (Wildman–Crippen LogP) is 3.67. The molecular formula is C16H18N2O. The zero-order valence-corrected chi connectivity index (χ0v) is 11.6. The highest BCUT2D eigenvalue weighted by molar-refractivity contribution is 5.76. The lowest BCUT2D eigenvalue weighted by molar-refractivity contribution is 0.112. The Morgan fingerprint density at radius 1 is 1.21 bits per heavy atom. The molecule has 0 aliphatic heterocycles. The fraction of sp³-hybridized carbons (Fsp3) is 0.250. The Labute approximate surface area is 113 Å². The molecule has 3 nitrogen and oxygen atoms in total. The first kappa shape index (κ1) is 13.3. The highest BCUT2D eigenvalue weighted by atomic mass is 16.1. The first-order valence-corrected chi connectivity index (χ1v) is 6.41. The van der Waals surface area contributed by atoms with Crippen molar-refractivity contribution in [3.05, 3.63) is 53.2 Å². The van der Waals surface area contributed by atoms with Crippen molar-refractivity contribution in [2.45, 2.75) is 20.8 Å². The van der Waals surface area contributed by atoms with Gasteiger partial charge in [0.25, 0.3) is 0 Å². The maximum absolute atomic E-state index is 10.8. The normalized spacial score (nSPS) is 10.3. The number of carbonyl (C=O) groups is 1. The van der Waals surface area contributed by atoms with Gasteiger partial charge >= 0.3 is 0 Å². The van der Waals surface area contributed by atoms with E-state index < -0.39 is 0 Å². The average Bonchev–Trinajstić information content (AvgIpc) is 2.43. The second kappa shape index (κ2) is 5.65. The van der Waals surface area contributed by atoms with Crippen LogP contribution in [0.15, 0.2) is 36.5 Å². The molecule has 0 radical (unpaired) electrons. The van der Waals surface area contributed by atoms with Crippen LogP contribution in [-0.2, 0) is 0 Å². The number of anilines is 2. The minimum atomic E-state index is 0.612. The summed E-state index contributed by atoms with van der Waals surface area (Å²) in [6.07, 6.45) is 2.44. The molecule has 0 spiro atoms. The molecule has 0 saturated heterocycles. The van der Waals surface area contributed by atoms with Gasteiger partial charge in [0.15, 0.2) is 6.29 Å². The summed E-state index contributed by atoms with van der Waals surface area (Å²) in [5, 5.41) is 0. The molecule has 0 saturated carbocycles. The van der Waals surface area contributed by atoms with Gasteiger partial charge in [-0.3, -0.25) is 4.79 Å². The largest absolute Gasteiger partial charge is 0.326 e. The van der Waals surface area contributed by atoms with Gasteiger partial charge in [-0.15, -0.1) is 0 Å². The third-order valence-corrected chi connectivity index (χ3v) is 3.13. The lowest BCUT2D eigenvalue weighted by Crippen LogP contribution is -2.18. The van der Waals surface area contributed by atoms with Crippen LogP contribution in [0.1, 0.15) is 28.4 Å². The quantitative estimate of drug-likeness (QED) is 0.780. The van der Waals surface area contributed by atoms with Crippen LogP contribution < -0.4 is 4.90 Å². The molecule has 0 aliphatic rings. The fourth-order valence-electron chi connectivity index (χ4n) is 2.12. The van der Waals surface area contributed by atoms with Crippen LogP contribution in [0.2, 0.25) is 0 Å². The summed E-state index contributed by atoms with van der Waals surface area (Å²) >= 11 is 0. The van der Waals surface area contributed by atoms with Crippen molar-refractivity contribution in [1.82, 2.24) is 4.98 Å². The number of hydrogen-bond acceptors (Lipinski definition) is 3. The van der Waals surface area contributed by atoms with Crippen LogP contribution in [0.5, 0.6) is 0 Å². The highest BCUT2D eigenvalue weighted by Crippen LogP contribution is 2.26. The van der Waals surface area contributed by atoms with Crippen molar-refractivity contribution in [3.8, 4) is 0 Å². The topological polar surface area (TPSA) is 33.2 Å². The van der Waals surface area contributed by atoms with Gasteiger partial charge in [-0.1, -0.05) is 17.7 Å². The highest BCUT2D eigenvalue weighted by Gasteiger charge is 2.11. The van der Waals surface area contributed by atoms with E-state index in [1.54, 1.807) is 6.20 Å². The Morgan fingerprint density at radius 2 is 1.89 bits per heavy atom. The molecule has 0 amide bonds. The molecule has 0 aliphatic carbocycles. The Balaban J connectivity index is 2.41. The van der Waals surface area contributed by atoms with Gasteiger partial charge in [-0.25, -0.2) is 4.98 Å². The van der Waals surface area contributed by atoms with E-state index in [9.17, 15) is 4.79 Å². The molecule has 1 aromatic carbocycles. The van der Waals surface area contributed by atoms with E-state index in [-0.39, 0.29) is 0 Å². The molecule has 0 bridgehead atoms. The van der Waals surface area contributed by atoms with E-state index in [0.29, 0.717) is 5.56 Å². The summed E-state index contributed by atoms with van der Waals surface area (Å²) in [6.45, 7) is 6.97. The van der Waals surface area contributed by atoms with E-state index >= 15 is 0 Å². The summed E-state index contributed by atoms with van der Waals surface area (Å²) in [6, 6.07) is 10.2. The van der Waals surface area contributed by atoms with E-state index in [1.807, 2.05) is 13.0 Å². The molecule has 0 unspecified atom stereocenters. The van der Waals surface area contributed by atoms with Crippen molar-refractivity contribution in [2.24, 2.45) is 0 Å². The molecule has 0 fully saturated rings. The molecule has 1 aromatic heterocycles. The van der Waals surface area contributed by atoms with Gasteiger partial charge in [-0.2, -0.15) is 0 Å². The maximum Gasteiger partial charge on any atom is 0.151 e. The Bertz CT molecular complexity index is 576. The molecule has 2 aromatic rings. The molecule has 19 heavy (non-hydrogen) atoms. The van der Waals surface area contributed by atoms with Crippen LogP contribution >= 0.6 is 0 Å². The summed E-state index contributed by atoms with van der Waals surface area (Å²) in [7, 11) is 0. The number of nitrogens with zero attached hydrogens (tertiary/aromatic N) is 2. The molecule has 1 heterocycles. The van der Waals surface area contributed by atoms with E-state index in [4.69, 9.17) is 0 Å². The van der Waals surface area contributed by atoms with Gasteiger partial charge in [-0.05, 0) is 44.5 Å². The van der Waals surface area contributed by atoms with Gasteiger partial charge < -0.3 is 4.90 Å². The first-order chi connectivity index (χ1) is 9.15. The first-order valence-electron chi connectivity index (χ1n) is 6.41. The lowest BCUT2D eigenvalue weighted by Gasteiger charge is -2.24. The van der Waals surface area contributed by atoms with Gasteiger partial charge in [0, 0.05) is 24.0 Å². The monoisotopic (exact) mass is 254 g/mol. The number of hydrogen-bond donors (Lipinski definition) is 0. The van der Waals surface area contributed by atoms with Crippen molar-refractivity contribution < 1.29 is 4.79 Å². The Morgan fingerprint density at radius 3 is 2.42 bits per heavy atom. The van der Waals surface area contributed by atoms with Gasteiger partial charge in [0.05, 0.1) is 0 Å².